The van der Waals surface area contributed by atoms with Crippen LogP contribution in [0.25, 0.3) is 21.7 Å². The maximum atomic E-state index is 14.6. The molecule has 1 heterocycles. The van der Waals surface area contributed by atoms with Crippen molar-refractivity contribution in [1.29, 1.82) is 0 Å². The molecule has 0 bridgehead atoms. The minimum Gasteiger partial charge on any atom is -0.244 e. The molecule has 1 aromatic heterocycles. The Bertz CT molecular complexity index is 870. The predicted octanol–water partition coefficient (Wildman–Crippen LogP) is 6.80. The van der Waals surface area contributed by atoms with Crippen LogP contribution in [0.5, 0.6) is 0 Å². The molecule has 0 radical (unpaired) electrons. The fourth-order valence-electron chi connectivity index (χ4n) is 2.74. The number of aryl methyl sites for hydroxylation is 2. The molecule has 0 spiro atoms. The topological polar surface area (TPSA) is 12.9 Å². The standard InChI is InChI=1S/C21H21F2NS/c1-3-4-5-6-17-13-24-21(25-17)18-10-9-16(12-20(18)23)15-8-7-14(2)19(22)11-15/h7-13H,3-6H2,1-2H3. The largest absolute Gasteiger partial charge is 0.244 e. The maximum Gasteiger partial charge on any atom is 0.134 e. The van der Waals surface area contributed by atoms with E-state index in [1.165, 1.54) is 29.9 Å². The number of hydrogen-bond acceptors (Lipinski definition) is 2. The first kappa shape index (κ1) is 17.7. The third-order valence-corrected chi connectivity index (χ3v) is 5.38. The highest BCUT2D eigenvalue weighted by Crippen LogP contribution is 2.31. The van der Waals surface area contributed by atoms with Crippen LogP contribution >= 0.6 is 11.3 Å². The third kappa shape index (κ3) is 4.13. The summed E-state index contributed by atoms with van der Waals surface area (Å²) in [6, 6.07) is 9.97. The van der Waals surface area contributed by atoms with Gasteiger partial charge in [0.05, 0.1) is 0 Å². The minimum atomic E-state index is -0.326. The number of halogens is 2. The van der Waals surface area contributed by atoms with Gasteiger partial charge in [-0.25, -0.2) is 13.8 Å². The van der Waals surface area contributed by atoms with Crippen LogP contribution in [0, 0.1) is 18.6 Å². The molecule has 0 N–H and O–H groups in total. The molecule has 4 heteroatoms. The highest BCUT2D eigenvalue weighted by molar-refractivity contribution is 7.15. The Hall–Kier alpha value is -2.07. The normalized spacial score (nSPS) is 11.0. The number of nitrogens with zero attached hydrogens (tertiary/aromatic N) is 1. The van der Waals surface area contributed by atoms with E-state index in [1.807, 2.05) is 18.3 Å². The molecule has 3 aromatic rings. The van der Waals surface area contributed by atoms with Crippen molar-refractivity contribution in [3.8, 4) is 21.7 Å². The van der Waals surface area contributed by atoms with E-state index in [0.717, 1.165) is 12.8 Å². The number of thiazole rings is 1. The lowest BCUT2D eigenvalue weighted by Gasteiger charge is -2.06. The number of unbranched alkanes of at least 4 members (excludes halogenated alkanes) is 2. The summed E-state index contributed by atoms with van der Waals surface area (Å²) in [5.74, 6) is -0.605. The van der Waals surface area contributed by atoms with Gasteiger partial charge in [0.2, 0.25) is 0 Å². The lowest BCUT2D eigenvalue weighted by Crippen LogP contribution is -1.88. The fourth-order valence-corrected chi connectivity index (χ4v) is 3.72. The Morgan fingerprint density at radius 2 is 1.68 bits per heavy atom. The summed E-state index contributed by atoms with van der Waals surface area (Å²) >= 11 is 1.55. The quantitative estimate of drug-likeness (QED) is 0.442. The Balaban J connectivity index is 1.83. The number of aromatic nitrogens is 1. The maximum absolute atomic E-state index is 14.6. The Morgan fingerprint density at radius 3 is 2.36 bits per heavy atom. The van der Waals surface area contributed by atoms with Crippen LogP contribution in [-0.2, 0) is 6.42 Å². The van der Waals surface area contributed by atoms with E-state index in [-0.39, 0.29) is 11.6 Å². The first-order valence-corrected chi connectivity index (χ1v) is 9.41. The smallest absolute Gasteiger partial charge is 0.134 e. The van der Waals surface area contributed by atoms with Crippen molar-refractivity contribution in [1.82, 2.24) is 4.98 Å². The van der Waals surface area contributed by atoms with Crippen molar-refractivity contribution in [2.75, 3.05) is 0 Å². The lowest BCUT2D eigenvalue weighted by molar-refractivity contribution is 0.618. The summed E-state index contributed by atoms with van der Waals surface area (Å²) in [5.41, 5.74) is 2.43. The Labute approximate surface area is 151 Å². The van der Waals surface area contributed by atoms with Crippen molar-refractivity contribution >= 4 is 11.3 Å². The Kier molecular flexibility index (Phi) is 5.59. The van der Waals surface area contributed by atoms with E-state index in [4.69, 9.17) is 0 Å². The van der Waals surface area contributed by atoms with Crippen molar-refractivity contribution in [2.45, 2.75) is 39.5 Å². The molecule has 0 aliphatic rings. The van der Waals surface area contributed by atoms with Gasteiger partial charge in [-0.05, 0) is 54.7 Å². The summed E-state index contributed by atoms with van der Waals surface area (Å²) in [7, 11) is 0. The molecule has 0 unspecified atom stereocenters. The van der Waals surface area contributed by atoms with Crippen LogP contribution < -0.4 is 0 Å². The van der Waals surface area contributed by atoms with Crippen LogP contribution in [0.3, 0.4) is 0 Å². The molecule has 130 valence electrons. The molecule has 0 saturated carbocycles. The second kappa shape index (κ2) is 7.87. The Morgan fingerprint density at radius 1 is 0.960 bits per heavy atom. The predicted molar refractivity (Wildman–Crippen MR) is 101 cm³/mol. The highest BCUT2D eigenvalue weighted by atomic mass is 32.1. The van der Waals surface area contributed by atoms with Crippen LogP contribution in [0.2, 0.25) is 0 Å². The van der Waals surface area contributed by atoms with Crippen LogP contribution in [-0.4, -0.2) is 4.98 Å². The van der Waals surface area contributed by atoms with Crippen molar-refractivity contribution in [2.24, 2.45) is 0 Å². The summed E-state index contributed by atoms with van der Waals surface area (Å²) in [5, 5.41) is 0.700. The zero-order chi connectivity index (χ0) is 17.8. The fraction of sp³-hybridized carbons (Fsp3) is 0.286. The molecule has 3 rings (SSSR count). The molecule has 0 fully saturated rings. The van der Waals surface area contributed by atoms with E-state index in [2.05, 4.69) is 11.9 Å². The molecule has 1 nitrogen and oxygen atoms in total. The summed E-state index contributed by atoms with van der Waals surface area (Å²) in [4.78, 5) is 5.56. The molecule has 2 aromatic carbocycles. The van der Waals surface area contributed by atoms with E-state index in [9.17, 15) is 8.78 Å². The summed E-state index contributed by atoms with van der Waals surface area (Å²) in [6.45, 7) is 3.89. The van der Waals surface area contributed by atoms with Crippen LogP contribution in [0.1, 0.15) is 36.6 Å². The van der Waals surface area contributed by atoms with Gasteiger partial charge in [-0.3, -0.25) is 0 Å². The molecular weight excluding hydrogens is 336 g/mol. The van der Waals surface area contributed by atoms with Gasteiger partial charge >= 0.3 is 0 Å². The monoisotopic (exact) mass is 357 g/mol. The zero-order valence-electron chi connectivity index (χ0n) is 14.5. The SMILES string of the molecule is CCCCCc1cnc(-c2ccc(-c3ccc(C)c(F)c3)cc2F)s1. The average Bonchev–Trinajstić information content (AvgIpc) is 3.06. The van der Waals surface area contributed by atoms with Gasteiger partial charge in [0.15, 0.2) is 0 Å². The number of hydrogen-bond donors (Lipinski definition) is 0. The lowest BCUT2D eigenvalue weighted by atomic mass is 10.0. The molecule has 0 aliphatic heterocycles. The molecule has 0 aliphatic carbocycles. The van der Waals surface area contributed by atoms with E-state index in [0.29, 0.717) is 27.3 Å². The van der Waals surface area contributed by atoms with E-state index < -0.39 is 0 Å². The molecular formula is C21H21F2NS. The third-order valence-electron chi connectivity index (χ3n) is 4.28. The van der Waals surface area contributed by atoms with E-state index in [1.54, 1.807) is 30.4 Å². The van der Waals surface area contributed by atoms with Gasteiger partial charge in [0.25, 0.3) is 0 Å². The van der Waals surface area contributed by atoms with Crippen molar-refractivity contribution in [3.63, 3.8) is 0 Å². The van der Waals surface area contributed by atoms with E-state index >= 15 is 0 Å². The molecule has 0 atom stereocenters. The highest BCUT2D eigenvalue weighted by Gasteiger charge is 2.12. The second-order valence-corrected chi connectivity index (χ2v) is 7.36. The molecule has 0 amide bonds. The molecule has 0 saturated heterocycles. The van der Waals surface area contributed by atoms with Gasteiger partial charge in [0, 0.05) is 16.6 Å². The van der Waals surface area contributed by atoms with Gasteiger partial charge < -0.3 is 0 Å². The zero-order valence-corrected chi connectivity index (χ0v) is 15.3. The minimum absolute atomic E-state index is 0.279. The first-order chi connectivity index (χ1) is 12.1. The number of benzene rings is 2. The van der Waals surface area contributed by atoms with Crippen LogP contribution in [0.4, 0.5) is 8.78 Å². The van der Waals surface area contributed by atoms with Gasteiger partial charge in [-0.2, -0.15) is 0 Å². The first-order valence-electron chi connectivity index (χ1n) is 8.59. The van der Waals surface area contributed by atoms with Crippen molar-refractivity contribution < 1.29 is 8.78 Å². The second-order valence-electron chi connectivity index (χ2n) is 6.25. The summed E-state index contributed by atoms with van der Waals surface area (Å²) < 4.78 is 28.3. The van der Waals surface area contributed by atoms with Gasteiger partial charge in [-0.1, -0.05) is 38.0 Å². The van der Waals surface area contributed by atoms with Crippen LogP contribution in [0.15, 0.2) is 42.6 Å². The van der Waals surface area contributed by atoms with Gasteiger partial charge in [0.1, 0.15) is 16.6 Å². The average molecular weight is 357 g/mol. The van der Waals surface area contributed by atoms with Crippen molar-refractivity contribution in [3.05, 3.63) is 64.7 Å². The summed E-state index contributed by atoms with van der Waals surface area (Å²) in [6.07, 6.45) is 6.36. The molecule has 25 heavy (non-hydrogen) atoms. The van der Waals surface area contributed by atoms with Gasteiger partial charge in [-0.15, -0.1) is 11.3 Å². The number of rotatable bonds is 6.